The van der Waals surface area contributed by atoms with E-state index >= 15 is 0 Å². The van der Waals surface area contributed by atoms with E-state index in [1.54, 1.807) is 6.92 Å². The van der Waals surface area contributed by atoms with Crippen molar-refractivity contribution in [1.82, 2.24) is 15.0 Å². The van der Waals surface area contributed by atoms with Crippen molar-refractivity contribution >= 4 is 29.0 Å². The zero-order valence-corrected chi connectivity index (χ0v) is 11.9. The first-order chi connectivity index (χ1) is 10.5. The van der Waals surface area contributed by atoms with E-state index in [0.29, 0.717) is 6.41 Å². The molecule has 9 heteroatoms. The first-order valence-electron chi connectivity index (χ1n) is 6.36. The third-order valence-corrected chi connectivity index (χ3v) is 3.12. The van der Waals surface area contributed by atoms with Gasteiger partial charge >= 0.3 is 5.97 Å². The summed E-state index contributed by atoms with van der Waals surface area (Å²) < 4.78 is 5.65. The number of esters is 1. The minimum Gasteiger partial charge on any atom is -0.465 e. The lowest BCUT2D eigenvalue weighted by molar-refractivity contribution is -0.105. The molecule has 22 heavy (non-hydrogen) atoms. The van der Waals surface area contributed by atoms with Gasteiger partial charge < -0.3 is 15.2 Å². The van der Waals surface area contributed by atoms with Gasteiger partial charge in [-0.15, -0.1) is 5.10 Å². The molecule has 9 nitrogen and oxygen atoms in total. The second-order valence-electron chi connectivity index (χ2n) is 4.54. The van der Waals surface area contributed by atoms with E-state index in [-0.39, 0.29) is 28.8 Å². The van der Waals surface area contributed by atoms with Crippen LogP contribution in [-0.2, 0) is 9.53 Å². The average molecular weight is 306 g/mol. The maximum atomic E-state index is 12.4. The van der Waals surface area contributed by atoms with Gasteiger partial charge in [-0.2, -0.15) is 0 Å². The molecular formula is C13H14N4O5. The molecule has 2 aromatic rings. The molecule has 1 aromatic carbocycles. The number of aliphatic hydroxyl groups excluding tert-OH is 1. The lowest BCUT2D eigenvalue weighted by Crippen LogP contribution is -2.29. The van der Waals surface area contributed by atoms with E-state index in [9.17, 15) is 14.4 Å². The van der Waals surface area contributed by atoms with Crippen LogP contribution in [-0.4, -0.2) is 46.2 Å². The van der Waals surface area contributed by atoms with Crippen LogP contribution in [0.3, 0.4) is 0 Å². The Morgan fingerprint density at radius 1 is 1.55 bits per heavy atom. The summed E-state index contributed by atoms with van der Waals surface area (Å²) in [4.78, 5) is 34.7. The fourth-order valence-electron chi connectivity index (χ4n) is 1.93. The number of amides is 1. The molecule has 0 fully saturated rings. The maximum absolute atomic E-state index is 12.4. The zero-order valence-electron chi connectivity index (χ0n) is 11.9. The summed E-state index contributed by atoms with van der Waals surface area (Å²) in [7, 11) is 1.20. The number of carbonyl (C=O) groups excluding carboxylic acids is 2. The molecule has 0 saturated carbocycles. The van der Waals surface area contributed by atoms with Gasteiger partial charge in [0.2, 0.25) is 6.41 Å². The number of carbonyl (C=O) groups is 2. The summed E-state index contributed by atoms with van der Waals surface area (Å²) in [6.07, 6.45) is 0.386. The number of benzene rings is 1. The number of nitrogens with zero attached hydrogens (tertiary/aromatic N) is 3. The predicted octanol–water partition coefficient (Wildman–Crippen LogP) is -0.300. The van der Waals surface area contributed by atoms with E-state index in [1.807, 2.05) is 0 Å². The number of fused-ring (bicyclic) bond motifs is 1. The Bertz CT molecular complexity index is 786. The number of aromatic nitrogens is 3. The van der Waals surface area contributed by atoms with Crippen LogP contribution in [0.5, 0.6) is 0 Å². The zero-order chi connectivity index (χ0) is 16.3. The third-order valence-electron chi connectivity index (χ3n) is 3.12. The molecule has 116 valence electrons. The van der Waals surface area contributed by atoms with Crippen LogP contribution in [0.1, 0.15) is 23.3 Å². The summed E-state index contributed by atoms with van der Waals surface area (Å²) in [5.41, 5.74) is -0.119. The fraction of sp³-hybridized carbons (Fsp3) is 0.308. The van der Waals surface area contributed by atoms with E-state index in [0.717, 1.165) is 4.68 Å². The monoisotopic (exact) mass is 306 g/mol. The highest BCUT2D eigenvalue weighted by atomic mass is 16.5. The van der Waals surface area contributed by atoms with E-state index in [1.165, 1.54) is 19.2 Å². The van der Waals surface area contributed by atoms with Crippen molar-refractivity contribution in [2.75, 3.05) is 19.0 Å². The Balaban J connectivity index is 2.74. The van der Waals surface area contributed by atoms with Crippen LogP contribution in [0.4, 0.5) is 5.69 Å². The van der Waals surface area contributed by atoms with Gasteiger partial charge in [-0.3, -0.25) is 9.59 Å². The van der Waals surface area contributed by atoms with E-state index < -0.39 is 17.6 Å². The number of nitrogens with one attached hydrogen (secondary N) is 1. The molecule has 2 N–H and O–H groups in total. The van der Waals surface area contributed by atoms with Gasteiger partial charge in [-0.25, -0.2) is 9.48 Å². The predicted molar refractivity (Wildman–Crippen MR) is 76.6 cm³/mol. The number of rotatable bonds is 5. The molecular weight excluding hydrogens is 292 g/mol. The van der Waals surface area contributed by atoms with Crippen LogP contribution in [0.25, 0.3) is 10.9 Å². The standard InChI is InChI=1S/C13H14N4O5/c1-7(5-18)17-12(20)8-3-10(14-6-19)9(13(21)22-2)4-11(8)15-16-17/h3-4,6-7,18H,5H2,1-2H3,(H,14,19)/t7-/m1/s1. The molecule has 0 saturated heterocycles. The Morgan fingerprint density at radius 3 is 2.86 bits per heavy atom. The van der Waals surface area contributed by atoms with Gasteiger partial charge in [0.1, 0.15) is 5.52 Å². The first-order valence-corrected chi connectivity index (χ1v) is 6.36. The van der Waals surface area contributed by atoms with Gasteiger partial charge in [-0.1, -0.05) is 5.21 Å². The number of ether oxygens (including phenoxy) is 1. The van der Waals surface area contributed by atoms with Gasteiger partial charge in [0.25, 0.3) is 5.56 Å². The van der Waals surface area contributed by atoms with Gasteiger partial charge in [0, 0.05) is 0 Å². The Kier molecular flexibility index (Phi) is 4.47. The van der Waals surface area contributed by atoms with E-state index in [2.05, 4.69) is 20.4 Å². The molecule has 1 aromatic heterocycles. The van der Waals surface area contributed by atoms with Crippen LogP contribution in [0, 0.1) is 0 Å². The number of aliphatic hydroxyl groups is 1. The fourth-order valence-corrected chi connectivity index (χ4v) is 1.93. The summed E-state index contributed by atoms with van der Waals surface area (Å²) in [6.45, 7) is 1.33. The SMILES string of the molecule is COC(=O)c1cc2nnn([C@H](C)CO)c(=O)c2cc1NC=O. The molecule has 0 aliphatic carbocycles. The van der Waals surface area contributed by atoms with Crippen molar-refractivity contribution in [1.29, 1.82) is 0 Å². The second kappa shape index (κ2) is 6.31. The number of hydrogen-bond acceptors (Lipinski definition) is 7. The highest BCUT2D eigenvalue weighted by Gasteiger charge is 2.17. The van der Waals surface area contributed by atoms with Crippen molar-refractivity contribution in [3.63, 3.8) is 0 Å². The molecule has 0 spiro atoms. The molecule has 1 atom stereocenters. The average Bonchev–Trinajstić information content (AvgIpc) is 2.54. The summed E-state index contributed by atoms with van der Waals surface area (Å²) in [5.74, 6) is -0.680. The Labute approximate surface area is 124 Å². The summed E-state index contributed by atoms with van der Waals surface area (Å²) in [6, 6.07) is 2.09. The van der Waals surface area contributed by atoms with Gasteiger partial charge in [-0.05, 0) is 19.1 Å². The normalized spacial score (nSPS) is 12.0. The molecule has 0 radical (unpaired) electrons. The highest BCUT2D eigenvalue weighted by Crippen LogP contribution is 2.21. The van der Waals surface area contributed by atoms with Crippen LogP contribution >= 0.6 is 0 Å². The van der Waals surface area contributed by atoms with Crippen molar-refractivity contribution in [2.24, 2.45) is 0 Å². The minimum atomic E-state index is -0.680. The Hall–Kier alpha value is -2.81. The van der Waals surface area contributed by atoms with Crippen LogP contribution < -0.4 is 10.9 Å². The third kappa shape index (κ3) is 2.66. The largest absolute Gasteiger partial charge is 0.465 e. The smallest absolute Gasteiger partial charge is 0.340 e. The van der Waals surface area contributed by atoms with Crippen LogP contribution in [0.2, 0.25) is 0 Å². The topological polar surface area (TPSA) is 123 Å². The van der Waals surface area contributed by atoms with Crippen molar-refractivity contribution in [3.8, 4) is 0 Å². The second-order valence-corrected chi connectivity index (χ2v) is 4.54. The van der Waals surface area contributed by atoms with Gasteiger partial charge in [0.05, 0.1) is 36.4 Å². The molecule has 1 amide bonds. The van der Waals surface area contributed by atoms with Crippen molar-refractivity contribution < 1.29 is 19.4 Å². The van der Waals surface area contributed by atoms with Crippen molar-refractivity contribution in [3.05, 3.63) is 28.0 Å². The Morgan fingerprint density at radius 2 is 2.27 bits per heavy atom. The van der Waals surface area contributed by atoms with Gasteiger partial charge in [0.15, 0.2) is 0 Å². The minimum absolute atomic E-state index is 0.0590. The first kappa shape index (κ1) is 15.6. The lowest BCUT2D eigenvalue weighted by Gasteiger charge is -2.12. The molecule has 0 aliphatic rings. The molecule has 0 unspecified atom stereocenters. The lowest BCUT2D eigenvalue weighted by atomic mass is 10.1. The summed E-state index contributed by atoms with van der Waals surface area (Å²) in [5, 5.41) is 19.2. The van der Waals surface area contributed by atoms with E-state index in [4.69, 9.17) is 5.11 Å². The van der Waals surface area contributed by atoms with Crippen molar-refractivity contribution in [2.45, 2.75) is 13.0 Å². The molecule has 0 bridgehead atoms. The highest BCUT2D eigenvalue weighted by molar-refractivity contribution is 6.02. The summed E-state index contributed by atoms with van der Waals surface area (Å²) >= 11 is 0. The molecule has 0 aliphatic heterocycles. The maximum Gasteiger partial charge on any atom is 0.340 e. The molecule has 1 heterocycles. The van der Waals surface area contributed by atoms with Crippen LogP contribution in [0.15, 0.2) is 16.9 Å². The number of anilines is 1. The number of methoxy groups -OCH3 is 1. The molecule has 2 rings (SSSR count). The number of hydrogen-bond donors (Lipinski definition) is 2. The quantitative estimate of drug-likeness (QED) is 0.574.